The maximum absolute atomic E-state index is 13.5. The third-order valence-corrected chi connectivity index (χ3v) is 3.63. The first-order valence-electron chi connectivity index (χ1n) is 7.43. The summed E-state index contributed by atoms with van der Waals surface area (Å²) in [5, 5.41) is 3.67. The van der Waals surface area contributed by atoms with E-state index in [1.165, 1.54) is 6.07 Å². The van der Waals surface area contributed by atoms with Crippen molar-refractivity contribution >= 4 is 28.7 Å². The van der Waals surface area contributed by atoms with Gasteiger partial charge in [-0.25, -0.2) is 8.78 Å². The van der Waals surface area contributed by atoms with Crippen molar-refractivity contribution in [1.82, 2.24) is 0 Å². The lowest BCUT2D eigenvalue weighted by Crippen LogP contribution is -2.21. The number of carbonyl (C=O) groups is 2. The van der Waals surface area contributed by atoms with E-state index in [9.17, 15) is 18.4 Å². The first-order chi connectivity index (χ1) is 12.1. The van der Waals surface area contributed by atoms with Crippen LogP contribution in [0.3, 0.4) is 0 Å². The molecule has 0 aliphatic rings. The third kappa shape index (κ3) is 3.47. The van der Waals surface area contributed by atoms with E-state index >= 15 is 0 Å². The van der Waals surface area contributed by atoms with E-state index < -0.39 is 29.8 Å². The number of anilines is 1. The van der Waals surface area contributed by atoms with Crippen LogP contribution in [0.5, 0.6) is 5.75 Å². The van der Waals surface area contributed by atoms with Crippen LogP contribution < -0.4 is 10.1 Å². The number of ether oxygens (including phenoxy) is 1. The molecule has 1 amide bonds. The van der Waals surface area contributed by atoms with Gasteiger partial charge in [0.1, 0.15) is 23.1 Å². The molecule has 0 heterocycles. The molecule has 0 atom stereocenters. The summed E-state index contributed by atoms with van der Waals surface area (Å²) in [4.78, 5) is 23.3. The van der Waals surface area contributed by atoms with Crippen molar-refractivity contribution in [3.8, 4) is 5.75 Å². The van der Waals surface area contributed by atoms with Crippen LogP contribution in [0.25, 0.3) is 10.8 Å². The summed E-state index contributed by atoms with van der Waals surface area (Å²) >= 11 is 0. The minimum atomic E-state index is -0.882. The molecule has 0 aromatic heterocycles. The summed E-state index contributed by atoms with van der Waals surface area (Å²) in [6, 6.07) is 13.8. The van der Waals surface area contributed by atoms with Crippen LogP contribution in [0.15, 0.2) is 54.6 Å². The molecule has 126 valence electrons. The average Bonchev–Trinajstić information content (AvgIpc) is 2.62. The molecule has 3 aromatic carbocycles. The Hall–Kier alpha value is -3.28. The SMILES string of the molecule is O=Cc1c(OCC(=O)Nc2c(F)cccc2F)ccc2ccccc12. The lowest BCUT2D eigenvalue weighted by molar-refractivity contribution is -0.118. The monoisotopic (exact) mass is 341 g/mol. The Morgan fingerprint density at radius 3 is 2.44 bits per heavy atom. The standard InChI is InChI=1S/C19H13F2NO3/c20-15-6-3-7-16(21)19(15)22-18(24)11-25-17-9-8-12-4-1-2-5-13(12)14(17)10-23/h1-10H,11H2,(H,22,24). The van der Waals surface area contributed by atoms with Crippen molar-refractivity contribution < 1.29 is 23.1 Å². The van der Waals surface area contributed by atoms with E-state index in [1.54, 1.807) is 24.3 Å². The van der Waals surface area contributed by atoms with Crippen molar-refractivity contribution in [2.45, 2.75) is 0 Å². The summed E-state index contributed by atoms with van der Waals surface area (Å²) in [6.45, 7) is -0.493. The lowest BCUT2D eigenvalue weighted by atomic mass is 10.0. The van der Waals surface area contributed by atoms with E-state index in [4.69, 9.17) is 4.74 Å². The van der Waals surface area contributed by atoms with Gasteiger partial charge < -0.3 is 10.1 Å². The van der Waals surface area contributed by atoms with Gasteiger partial charge in [0.05, 0.1) is 5.56 Å². The van der Waals surface area contributed by atoms with Gasteiger partial charge in [-0.15, -0.1) is 0 Å². The molecule has 0 aliphatic heterocycles. The summed E-state index contributed by atoms with van der Waals surface area (Å²) in [5.41, 5.74) is -0.229. The molecule has 3 aromatic rings. The van der Waals surface area contributed by atoms with Gasteiger partial charge in [0.25, 0.3) is 5.91 Å². The minimum absolute atomic E-state index is 0.220. The molecule has 3 rings (SSSR count). The van der Waals surface area contributed by atoms with Crippen LogP contribution in [0.4, 0.5) is 14.5 Å². The van der Waals surface area contributed by atoms with Crippen LogP contribution in [0, 0.1) is 11.6 Å². The summed E-state index contributed by atoms with van der Waals surface area (Å²) in [7, 11) is 0. The van der Waals surface area contributed by atoms with Crippen molar-refractivity contribution in [2.24, 2.45) is 0 Å². The van der Waals surface area contributed by atoms with Crippen LogP contribution in [-0.2, 0) is 4.79 Å². The zero-order valence-corrected chi connectivity index (χ0v) is 13.0. The first-order valence-corrected chi connectivity index (χ1v) is 7.43. The number of halogens is 2. The molecule has 1 N–H and O–H groups in total. The van der Waals surface area contributed by atoms with Crippen molar-refractivity contribution in [2.75, 3.05) is 11.9 Å². The number of benzene rings is 3. The van der Waals surface area contributed by atoms with Gasteiger partial charge in [-0.3, -0.25) is 9.59 Å². The number of carbonyl (C=O) groups excluding carboxylic acids is 2. The average molecular weight is 341 g/mol. The van der Waals surface area contributed by atoms with Gasteiger partial charge in [0.2, 0.25) is 0 Å². The number of aldehydes is 1. The quantitative estimate of drug-likeness (QED) is 0.715. The van der Waals surface area contributed by atoms with Gasteiger partial charge in [-0.05, 0) is 29.0 Å². The van der Waals surface area contributed by atoms with Gasteiger partial charge in [-0.1, -0.05) is 36.4 Å². The molecule has 0 unspecified atom stereocenters. The molecule has 0 bridgehead atoms. The third-order valence-electron chi connectivity index (χ3n) is 3.63. The number of para-hydroxylation sites is 1. The van der Waals surface area contributed by atoms with Gasteiger partial charge >= 0.3 is 0 Å². The maximum atomic E-state index is 13.5. The van der Waals surface area contributed by atoms with E-state index in [0.29, 0.717) is 17.2 Å². The normalized spacial score (nSPS) is 10.5. The molecule has 4 nitrogen and oxygen atoms in total. The van der Waals surface area contributed by atoms with E-state index in [1.807, 2.05) is 12.1 Å². The van der Waals surface area contributed by atoms with Crippen molar-refractivity contribution in [1.29, 1.82) is 0 Å². The number of fused-ring (bicyclic) bond motifs is 1. The number of hydrogen-bond donors (Lipinski definition) is 1. The number of nitrogens with one attached hydrogen (secondary N) is 1. The predicted molar refractivity (Wildman–Crippen MR) is 89.8 cm³/mol. The highest BCUT2D eigenvalue weighted by atomic mass is 19.1. The Morgan fingerprint density at radius 1 is 1.00 bits per heavy atom. The van der Waals surface area contributed by atoms with Crippen LogP contribution in [0.2, 0.25) is 0 Å². The van der Waals surface area contributed by atoms with Gasteiger partial charge in [0, 0.05) is 0 Å². The second-order valence-corrected chi connectivity index (χ2v) is 5.25. The highest BCUT2D eigenvalue weighted by Crippen LogP contribution is 2.26. The first kappa shape index (κ1) is 16.6. The summed E-state index contributed by atoms with van der Waals surface area (Å²) < 4.78 is 32.4. The van der Waals surface area contributed by atoms with Gasteiger partial charge in [0.15, 0.2) is 12.9 Å². The zero-order chi connectivity index (χ0) is 17.8. The van der Waals surface area contributed by atoms with Crippen LogP contribution in [-0.4, -0.2) is 18.8 Å². The molecule has 0 radical (unpaired) electrons. The molecular formula is C19H13F2NO3. The fourth-order valence-electron chi connectivity index (χ4n) is 2.46. The minimum Gasteiger partial charge on any atom is -0.483 e. The Labute approximate surface area is 142 Å². The summed E-state index contributed by atoms with van der Waals surface area (Å²) in [5.74, 6) is -2.29. The second-order valence-electron chi connectivity index (χ2n) is 5.25. The Kier molecular flexibility index (Phi) is 4.70. The predicted octanol–water partition coefficient (Wildman–Crippen LogP) is 3.95. The highest BCUT2D eigenvalue weighted by molar-refractivity contribution is 6.01. The Bertz CT molecular complexity index is 936. The van der Waals surface area contributed by atoms with Crippen molar-refractivity contribution in [3.05, 3.63) is 71.8 Å². The van der Waals surface area contributed by atoms with E-state index in [-0.39, 0.29) is 5.75 Å². The zero-order valence-electron chi connectivity index (χ0n) is 13.0. The number of rotatable bonds is 5. The topological polar surface area (TPSA) is 55.4 Å². The number of amides is 1. The molecule has 0 spiro atoms. The van der Waals surface area contributed by atoms with Gasteiger partial charge in [-0.2, -0.15) is 0 Å². The second kappa shape index (κ2) is 7.09. The molecule has 6 heteroatoms. The molecule has 0 saturated carbocycles. The number of hydrogen-bond acceptors (Lipinski definition) is 3. The van der Waals surface area contributed by atoms with Crippen LogP contribution >= 0.6 is 0 Å². The lowest BCUT2D eigenvalue weighted by Gasteiger charge is -2.11. The molecule has 0 saturated heterocycles. The van der Waals surface area contributed by atoms with Crippen molar-refractivity contribution in [3.63, 3.8) is 0 Å². The largest absolute Gasteiger partial charge is 0.483 e. The molecule has 25 heavy (non-hydrogen) atoms. The Morgan fingerprint density at radius 2 is 1.72 bits per heavy atom. The fourth-order valence-corrected chi connectivity index (χ4v) is 2.46. The fraction of sp³-hybridized carbons (Fsp3) is 0.0526. The smallest absolute Gasteiger partial charge is 0.262 e. The maximum Gasteiger partial charge on any atom is 0.262 e. The highest BCUT2D eigenvalue weighted by Gasteiger charge is 2.14. The van der Waals surface area contributed by atoms with Crippen LogP contribution in [0.1, 0.15) is 10.4 Å². The molecule has 0 fully saturated rings. The summed E-state index contributed by atoms with van der Waals surface area (Å²) in [6.07, 6.45) is 0.645. The molecular weight excluding hydrogens is 328 g/mol. The Balaban J connectivity index is 1.76. The molecule has 0 aliphatic carbocycles. The van der Waals surface area contributed by atoms with E-state index in [2.05, 4.69) is 5.32 Å². The van der Waals surface area contributed by atoms with E-state index in [0.717, 1.165) is 17.5 Å².